The van der Waals surface area contributed by atoms with Crippen molar-refractivity contribution in [2.75, 3.05) is 38.2 Å². The fourth-order valence-electron chi connectivity index (χ4n) is 3.00. The molecule has 0 saturated carbocycles. The van der Waals surface area contributed by atoms with Crippen molar-refractivity contribution in [3.63, 3.8) is 0 Å². The van der Waals surface area contributed by atoms with Gasteiger partial charge in [-0.05, 0) is 30.0 Å². The molecule has 126 valence electrons. The van der Waals surface area contributed by atoms with Gasteiger partial charge in [0.25, 0.3) is 5.91 Å². The van der Waals surface area contributed by atoms with Crippen LogP contribution in [-0.2, 0) is 20.8 Å². The van der Waals surface area contributed by atoms with Crippen LogP contribution < -0.4 is 5.32 Å². The summed E-state index contributed by atoms with van der Waals surface area (Å²) in [6.45, 7) is 6.88. The van der Waals surface area contributed by atoms with Gasteiger partial charge in [-0.15, -0.1) is 0 Å². The lowest BCUT2D eigenvalue weighted by Crippen LogP contribution is -2.35. The van der Waals surface area contributed by atoms with Gasteiger partial charge in [0.05, 0.1) is 13.2 Å². The number of rotatable bonds is 4. The molecule has 0 aliphatic carbocycles. The van der Waals surface area contributed by atoms with Gasteiger partial charge in [0, 0.05) is 37.0 Å². The number of benzene rings is 1. The van der Waals surface area contributed by atoms with Gasteiger partial charge in [0.1, 0.15) is 6.10 Å². The molecule has 2 saturated heterocycles. The van der Waals surface area contributed by atoms with Crippen LogP contribution >= 0.6 is 11.6 Å². The van der Waals surface area contributed by atoms with Gasteiger partial charge in [0.15, 0.2) is 0 Å². The van der Waals surface area contributed by atoms with Gasteiger partial charge < -0.3 is 14.8 Å². The highest BCUT2D eigenvalue weighted by Gasteiger charge is 2.30. The Morgan fingerprint density at radius 3 is 2.78 bits per heavy atom. The van der Waals surface area contributed by atoms with Crippen molar-refractivity contribution in [2.45, 2.75) is 26.0 Å². The predicted molar refractivity (Wildman–Crippen MR) is 89.7 cm³/mol. The molecule has 2 fully saturated rings. The molecular formula is C17H23ClN2O3. The van der Waals surface area contributed by atoms with Crippen LogP contribution in [-0.4, -0.2) is 49.8 Å². The van der Waals surface area contributed by atoms with Crippen molar-refractivity contribution >= 4 is 23.2 Å². The summed E-state index contributed by atoms with van der Waals surface area (Å²) in [4.78, 5) is 14.6. The number of carbonyl (C=O) groups excluding carboxylic acids is 1. The summed E-state index contributed by atoms with van der Waals surface area (Å²) in [6.07, 6.45) is 0.568. The van der Waals surface area contributed by atoms with Crippen LogP contribution in [0.4, 0.5) is 5.69 Å². The molecule has 6 heteroatoms. The van der Waals surface area contributed by atoms with Crippen LogP contribution in [0.15, 0.2) is 18.2 Å². The van der Waals surface area contributed by atoms with Crippen LogP contribution in [0.25, 0.3) is 0 Å². The molecular weight excluding hydrogens is 316 g/mol. The zero-order valence-corrected chi connectivity index (χ0v) is 14.1. The minimum Gasteiger partial charge on any atom is -0.379 e. The molecule has 0 radical (unpaired) electrons. The third kappa shape index (κ3) is 4.23. The molecule has 0 spiro atoms. The van der Waals surface area contributed by atoms with Crippen LogP contribution in [0.3, 0.4) is 0 Å². The second-order valence-corrected chi connectivity index (χ2v) is 6.65. The minimum absolute atomic E-state index is 0.0907. The predicted octanol–water partition coefficient (Wildman–Crippen LogP) is 2.54. The van der Waals surface area contributed by atoms with E-state index in [1.54, 1.807) is 0 Å². The molecule has 3 rings (SSSR count). The first kappa shape index (κ1) is 16.7. The van der Waals surface area contributed by atoms with Crippen molar-refractivity contribution in [3.05, 3.63) is 28.8 Å². The van der Waals surface area contributed by atoms with Gasteiger partial charge in [-0.3, -0.25) is 9.69 Å². The summed E-state index contributed by atoms with van der Waals surface area (Å²) in [5, 5.41) is 3.58. The summed E-state index contributed by atoms with van der Waals surface area (Å²) in [5.74, 6) is 0.165. The lowest BCUT2D eigenvalue weighted by molar-refractivity contribution is -0.126. The first-order valence-electron chi connectivity index (χ1n) is 8.14. The van der Waals surface area contributed by atoms with Gasteiger partial charge in [0.2, 0.25) is 0 Å². The highest BCUT2D eigenvalue weighted by molar-refractivity contribution is 6.31. The topological polar surface area (TPSA) is 50.8 Å². The quantitative estimate of drug-likeness (QED) is 0.916. The zero-order valence-electron chi connectivity index (χ0n) is 13.4. The maximum absolute atomic E-state index is 12.2. The van der Waals surface area contributed by atoms with E-state index in [-0.39, 0.29) is 17.9 Å². The molecule has 1 aromatic carbocycles. The number of anilines is 1. The molecule has 2 atom stereocenters. The SMILES string of the molecule is C[C@H]1CCO[C@@H]1C(=O)Nc1ccc(CN2CCOCC2)c(Cl)c1. The van der Waals surface area contributed by atoms with E-state index in [1.807, 2.05) is 25.1 Å². The van der Waals surface area contributed by atoms with E-state index in [0.29, 0.717) is 17.3 Å². The molecule has 5 nitrogen and oxygen atoms in total. The van der Waals surface area contributed by atoms with Gasteiger partial charge in [-0.25, -0.2) is 0 Å². The van der Waals surface area contributed by atoms with Crippen LogP contribution in [0.1, 0.15) is 18.9 Å². The van der Waals surface area contributed by atoms with E-state index in [1.165, 1.54) is 0 Å². The Morgan fingerprint density at radius 2 is 2.13 bits per heavy atom. The maximum Gasteiger partial charge on any atom is 0.253 e. The number of nitrogens with one attached hydrogen (secondary N) is 1. The van der Waals surface area contributed by atoms with E-state index in [2.05, 4.69) is 10.2 Å². The van der Waals surface area contributed by atoms with E-state index < -0.39 is 0 Å². The van der Waals surface area contributed by atoms with Gasteiger partial charge >= 0.3 is 0 Å². The van der Waals surface area contributed by atoms with E-state index in [0.717, 1.165) is 44.8 Å². The van der Waals surface area contributed by atoms with Crippen LogP contribution in [0.5, 0.6) is 0 Å². The summed E-state index contributed by atoms with van der Waals surface area (Å²) in [7, 11) is 0. The van der Waals surface area contributed by atoms with Crippen LogP contribution in [0, 0.1) is 5.92 Å². The smallest absolute Gasteiger partial charge is 0.253 e. The normalized spacial score (nSPS) is 25.5. The molecule has 1 amide bonds. The highest BCUT2D eigenvalue weighted by atomic mass is 35.5. The summed E-state index contributed by atoms with van der Waals surface area (Å²) >= 11 is 6.38. The summed E-state index contributed by atoms with van der Waals surface area (Å²) in [6, 6.07) is 5.69. The Labute approximate surface area is 141 Å². The standard InChI is InChI=1S/C17H23ClN2O3/c1-12-4-7-23-16(12)17(21)19-14-3-2-13(15(18)10-14)11-20-5-8-22-9-6-20/h2-3,10,12,16H,4-9,11H2,1H3,(H,19,21)/t12-,16-/m0/s1. The largest absolute Gasteiger partial charge is 0.379 e. The Hall–Kier alpha value is -1.14. The van der Waals surface area contributed by atoms with E-state index in [4.69, 9.17) is 21.1 Å². The molecule has 23 heavy (non-hydrogen) atoms. The number of ether oxygens (including phenoxy) is 2. The Balaban J connectivity index is 1.61. The lowest BCUT2D eigenvalue weighted by atomic mass is 10.0. The first-order chi connectivity index (χ1) is 11.1. The van der Waals surface area contributed by atoms with Crippen molar-refractivity contribution < 1.29 is 14.3 Å². The molecule has 0 bridgehead atoms. The number of carbonyl (C=O) groups is 1. The van der Waals surface area contributed by atoms with Crippen molar-refractivity contribution in [1.82, 2.24) is 4.90 Å². The second-order valence-electron chi connectivity index (χ2n) is 6.24. The van der Waals surface area contributed by atoms with Gasteiger partial charge in [-0.1, -0.05) is 24.6 Å². The fourth-order valence-corrected chi connectivity index (χ4v) is 3.24. The van der Waals surface area contributed by atoms with Crippen LogP contribution in [0.2, 0.25) is 5.02 Å². The first-order valence-corrected chi connectivity index (χ1v) is 8.52. The zero-order chi connectivity index (χ0) is 16.2. The Morgan fingerprint density at radius 1 is 1.35 bits per heavy atom. The average molecular weight is 339 g/mol. The average Bonchev–Trinajstić information content (AvgIpc) is 2.97. The third-order valence-electron chi connectivity index (χ3n) is 4.46. The molecule has 2 aliphatic heterocycles. The van der Waals surface area contributed by atoms with Crippen molar-refractivity contribution in [1.29, 1.82) is 0 Å². The lowest BCUT2D eigenvalue weighted by Gasteiger charge is -2.27. The van der Waals surface area contributed by atoms with Gasteiger partial charge in [-0.2, -0.15) is 0 Å². The number of nitrogens with zero attached hydrogens (tertiary/aromatic N) is 1. The summed E-state index contributed by atoms with van der Waals surface area (Å²) in [5.41, 5.74) is 1.78. The number of halogens is 1. The number of amides is 1. The monoisotopic (exact) mass is 338 g/mol. The maximum atomic E-state index is 12.2. The Kier molecular flexibility index (Phi) is 5.54. The second kappa shape index (κ2) is 7.62. The molecule has 1 aromatic rings. The summed E-state index contributed by atoms with van der Waals surface area (Å²) < 4.78 is 10.8. The highest BCUT2D eigenvalue weighted by Crippen LogP contribution is 2.25. The third-order valence-corrected chi connectivity index (χ3v) is 4.82. The van der Waals surface area contributed by atoms with E-state index in [9.17, 15) is 4.79 Å². The number of morpholine rings is 1. The van der Waals surface area contributed by atoms with Crippen molar-refractivity contribution in [2.24, 2.45) is 5.92 Å². The minimum atomic E-state index is -0.359. The Bertz CT molecular complexity index is 561. The molecule has 0 aromatic heterocycles. The number of hydrogen-bond acceptors (Lipinski definition) is 4. The molecule has 2 heterocycles. The fraction of sp³-hybridized carbons (Fsp3) is 0.588. The molecule has 1 N–H and O–H groups in total. The molecule has 0 unspecified atom stereocenters. The van der Waals surface area contributed by atoms with E-state index >= 15 is 0 Å². The molecule has 2 aliphatic rings. The number of hydrogen-bond donors (Lipinski definition) is 1. The van der Waals surface area contributed by atoms with Crippen molar-refractivity contribution in [3.8, 4) is 0 Å².